The van der Waals surface area contributed by atoms with Crippen LogP contribution in [0.4, 0.5) is 0 Å². The van der Waals surface area contributed by atoms with Crippen molar-refractivity contribution in [1.29, 1.82) is 0 Å². The molecular weight excluding hydrogens is 270 g/mol. The molecule has 1 aromatic rings. The lowest BCUT2D eigenvalue weighted by atomic mass is 9.81. The first-order valence-electron chi connectivity index (χ1n) is 7.39. The van der Waals surface area contributed by atoms with Crippen molar-refractivity contribution in [1.82, 2.24) is 0 Å². The van der Waals surface area contributed by atoms with Gasteiger partial charge in [0, 0.05) is 12.0 Å². The van der Waals surface area contributed by atoms with Crippen molar-refractivity contribution >= 4 is 9.84 Å². The van der Waals surface area contributed by atoms with E-state index in [0.29, 0.717) is 11.5 Å². The summed E-state index contributed by atoms with van der Waals surface area (Å²) in [7, 11) is -2.81. The molecule has 20 heavy (non-hydrogen) atoms. The lowest BCUT2D eigenvalue weighted by Gasteiger charge is -2.55. The van der Waals surface area contributed by atoms with Crippen molar-refractivity contribution in [3.05, 3.63) is 34.9 Å². The predicted octanol–water partition coefficient (Wildman–Crippen LogP) is 2.07. The van der Waals surface area contributed by atoms with E-state index in [0.717, 1.165) is 30.5 Å². The zero-order chi connectivity index (χ0) is 14.6. The van der Waals surface area contributed by atoms with E-state index in [-0.39, 0.29) is 5.54 Å². The Labute approximate surface area is 122 Å². The number of rotatable bonds is 0. The minimum Gasteiger partial charge on any atom is -0.314 e. The third kappa shape index (κ3) is 2.09. The van der Waals surface area contributed by atoms with Gasteiger partial charge < -0.3 is 4.48 Å². The largest absolute Gasteiger partial charge is 0.314 e. The third-order valence-electron chi connectivity index (χ3n) is 5.53. The maximum absolute atomic E-state index is 11.8. The Bertz CT molecular complexity index is 632. The molecule has 0 N–H and O–H groups in total. The highest BCUT2D eigenvalue weighted by Crippen LogP contribution is 2.40. The average Bonchev–Trinajstić information content (AvgIpc) is 2.35. The molecule has 2 heterocycles. The van der Waals surface area contributed by atoms with Crippen molar-refractivity contribution in [3.8, 4) is 0 Å². The van der Waals surface area contributed by atoms with Crippen LogP contribution < -0.4 is 0 Å². The second-order valence-electron chi connectivity index (χ2n) is 7.10. The van der Waals surface area contributed by atoms with Gasteiger partial charge in [0.2, 0.25) is 0 Å². The van der Waals surface area contributed by atoms with Crippen LogP contribution in [0.25, 0.3) is 0 Å². The van der Waals surface area contributed by atoms with Crippen LogP contribution in [-0.4, -0.2) is 43.0 Å². The number of hydrogen-bond acceptors (Lipinski definition) is 2. The van der Waals surface area contributed by atoms with E-state index in [2.05, 4.69) is 39.0 Å². The van der Waals surface area contributed by atoms with Crippen molar-refractivity contribution in [2.45, 2.75) is 39.3 Å². The molecule has 0 saturated carbocycles. The van der Waals surface area contributed by atoms with Gasteiger partial charge >= 0.3 is 0 Å². The van der Waals surface area contributed by atoms with Gasteiger partial charge in [0.05, 0.1) is 30.1 Å². The monoisotopic (exact) mass is 294 g/mol. The smallest absolute Gasteiger partial charge is 0.161 e. The van der Waals surface area contributed by atoms with Crippen LogP contribution in [0.15, 0.2) is 18.2 Å². The number of quaternary nitrogens is 1. The molecule has 1 saturated heterocycles. The molecule has 2 aliphatic heterocycles. The van der Waals surface area contributed by atoms with Gasteiger partial charge in [-0.25, -0.2) is 8.42 Å². The van der Waals surface area contributed by atoms with Gasteiger partial charge in [-0.1, -0.05) is 18.2 Å². The molecule has 1 fully saturated rings. The van der Waals surface area contributed by atoms with E-state index in [4.69, 9.17) is 0 Å². The lowest BCUT2D eigenvalue weighted by Crippen LogP contribution is -2.68. The van der Waals surface area contributed by atoms with E-state index in [1.165, 1.54) is 16.7 Å². The number of fused-ring (bicyclic) bond motifs is 1. The molecule has 110 valence electrons. The first kappa shape index (κ1) is 14.1. The highest BCUT2D eigenvalue weighted by molar-refractivity contribution is 7.91. The lowest BCUT2D eigenvalue weighted by molar-refractivity contribution is -0.984. The summed E-state index contributed by atoms with van der Waals surface area (Å²) in [5.74, 6) is 0.690. The molecule has 0 aromatic heterocycles. The number of benzene rings is 1. The standard InChI is InChI=1S/C16H24NO2S/c1-13-5-4-6-14-12-17(16(2,3)11-15(13)14)7-9-20(18,19)10-8-17/h4-6H,7-12H2,1-3H3/q+1. The fourth-order valence-corrected chi connectivity index (χ4v) is 5.37. The molecule has 4 heteroatoms. The second kappa shape index (κ2) is 4.31. The highest BCUT2D eigenvalue weighted by atomic mass is 32.2. The van der Waals surface area contributed by atoms with Crippen molar-refractivity contribution in [3.63, 3.8) is 0 Å². The highest BCUT2D eigenvalue weighted by Gasteiger charge is 2.50. The molecule has 0 amide bonds. The van der Waals surface area contributed by atoms with Crippen molar-refractivity contribution in [2.75, 3.05) is 24.6 Å². The summed E-state index contributed by atoms with van der Waals surface area (Å²) >= 11 is 0. The summed E-state index contributed by atoms with van der Waals surface area (Å²) in [5, 5.41) is 0. The summed E-state index contributed by atoms with van der Waals surface area (Å²) in [6.45, 7) is 9.32. The fraction of sp³-hybridized carbons (Fsp3) is 0.625. The first-order valence-corrected chi connectivity index (χ1v) is 9.21. The maximum Gasteiger partial charge on any atom is 0.161 e. The van der Waals surface area contributed by atoms with Crippen molar-refractivity contribution in [2.24, 2.45) is 0 Å². The number of aryl methyl sites for hydroxylation is 1. The number of sulfone groups is 1. The van der Waals surface area contributed by atoms with Gasteiger partial charge in [-0.3, -0.25) is 0 Å². The minimum atomic E-state index is -2.81. The molecule has 0 radical (unpaired) electrons. The van der Waals surface area contributed by atoms with E-state index in [1.54, 1.807) is 0 Å². The van der Waals surface area contributed by atoms with Crippen LogP contribution in [0.1, 0.15) is 30.5 Å². The zero-order valence-corrected chi connectivity index (χ0v) is 13.5. The van der Waals surface area contributed by atoms with Gasteiger partial charge in [0.25, 0.3) is 0 Å². The molecule has 0 unspecified atom stereocenters. The van der Waals surface area contributed by atoms with Gasteiger partial charge in [-0.15, -0.1) is 0 Å². The topological polar surface area (TPSA) is 34.1 Å². The molecule has 0 atom stereocenters. The Hall–Kier alpha value is -0.870. The van der Waals surface area contributed by atoms with E-state index in [1.807, 2.05) is 0 Å². The van der Waals surface area contributed by atoms with Gasteiger partial charge in [0.15, 0.2) is 9.84 Å². The van der Waals surface area contributed by atoms with E-state index < -0.39 is 9.84 Å². The average molecular weight is 294 g/mol. The fourth-order valence-electron chi connectivity index (χ4n) is 3.91. The van der Waals surface area contributed by atoms with Crippen LogP contribution >= 0.6 is 0 Å². The van der Waals surface area contributed by atoms with Crippen LogP contribution in [0.5, 0.6) is 0 Å². The zero-order valence-electron chi connectivity index (χ0n) is 12.6. The Balaban J connectivity index is 2.02. The summed E-state index contributed by atoms with van der Waals surface area (Å²) < 4.78 is 24.5. The molecule has 3 nitrogen and oxygen atoms in total. The molecule has 3 rings (SSSR count). The second-order valence-corrected chi connectivity index (χ2v) is 9.41. The van der Waals surface area contributed by atoms with Crippen LogP contribution in [-0.2, 0) is 22.8 Å². The maximum atomic E-state index is 11.8. The van der Waals surface area contributed by atoms with E-state index >= 15 is 0 Å². The van der Waals surface area contributed by atoms with Crippen LogP contribution in [0, 0.1) is 6.92 Å². The predicted molar refractivity (Wildman–Crippen MR) is 81.3 cm³/mol. The Morgan fingerprint density at radius 3 is 2.45 bits per heavy atom. The normalized spacial score (nSPS) is 26.1. The SMILES string of the molecule is Cc1cccc2c1CC(C)(C)[N+]1(CCS(=O)(=O)CC1)C2. The Morgan fingerprint density at radius 2 is 1.80 bits per heavy atom. The minimum absolute atomic E-state index is 0.120. The van der Waals surface area contributed by atoms with Gasteiger partial charge in [-0.05, 0) is 31.9 Å². The molecule has 0 aliphatic carbocycles. The number of nitrogens with zero attached hydrogens (tertiary/aromatic N) is 1. The molecular formula is C16H24NO2S+. The van der Waals surface area contributed by atoms with Gasteiger partial charge in [0.1, 0.15) is 6.54 Å². The van der Waals surface area contributed by atoms with Crippen LogP contribution in [0.2, 0.25) is 0 Å². The van der Waals surface area contributed by atoms with E-state index in [9.17, 15) is 8.42 Å². The first-order chi connectivity index (χ1) is 9.25. The quantitative estimate of drug-likeness (QED) is 0.687. The molecule has 2 aliphatic rings. The Kier molecular flexibility index (Phi) is 3.04. The van der Waals surface area contributed by atoms with Crippen molar-refractivity contribution < 1.29 is 12.9 Å². The summed E-state index contributed by atoms with van der Waals surface area (Å²) in [4.78, 5) is 0. The number of hydrogen-bond donors (Lipinski definition) is 0. The summed E-state index contributed by atoms with van der Waals surface area (Å²) in [6, 6.07) is 6.54. The molecule has 0 bridgehead atoms. The summed E-state index contributed by atoms with van der Waals surface area (Å²) in [6.07, 6.45) is 1.05. The molecule has 1 spiro atoms. The summed E-state index contributed by atoms with van der Waals surface area (Å²) in [5.41, 5.74) is 4.39. The Morgan fingerprint density at radius 1 is 1.15 bits per heavy atom. The molecule has 1 aromatic carbocycles. The van der Waals surface area contributed by atoms with Gasteiger partial charge in [-0.2, -0.15) is 0 Å². The van der Waals surface area contributed by atoms with Crippen LogP contribution in [0.3, 0.4) is 0 Å². The third-order valence-corrected chi connectivity index (χ3v) is 7.14.